The molecule has 0 aliphatic rings. The average Bonchev–Trinajstić information content (AvgIpc) is 2.34. The first-order valence-corrected chi connectivity index (χ1v) is 6.21. The van der Waals surface area contributed by atoms with Crippen molar-refractivity contribution in [2.24, 2.45) is 5.41 Å². The van der Waals surface area contributed by atoms with Gasteiger partial charge in [0.25, 0.3) is 5.92 Å². The maximum absolute atomic E-state index is 12.8. The van der Waals surface area contributed by atoms with Gasteiger partial charge in [0.2, 0.25) is 0 Å². The fraction of sp³-hybridized carbons (Fsp3) is 0.846. The molecule has 0 aliphatic heterocycles. The third-order valence-electron chi connectivity index (χ3n) is 2.88. The monoisotopic (exact) mass is 296 g/mol. The summed E-state index contributed by atoms with van der Waals surface area (Å²) in [5, 5.41) is 0. The Labute approximate surface area is 117 Å². The van der Waals surface area contributed by atoms with Crippen molar-refractivity contribution in [1.82, 2.24) is 0 Å². The predicted molar refractivity (Wildman–Crippen MR) is 67.2 cm³/mol. The fourth-order valence-electron chi connectivity index (χ4n) is 1.04. The van der Waals surface area contributed by atoms with Gasteiger partial charge in [-0.2, -0.15) is 0 Å². The lowest BCUT2D eigenvalue weighted by Gasteiger charge is -2.31. The number of hydrogen-bond donors (Lipinski definition) is 0. The first-order valence-electron chi connectivity index (χ1n) is 6.21. The first kappa shape index (κ1) is 18.8. The number of methoxy groups -OCH3 is 1. The average molecular weight is 296 g/mol. The van der Waals surface area contributed by atoms with Crippen LogP contribution >= 0.6 is 0 Å². The van der Waals surface area contributed by atoms with Crippen LogP contribution in [0.1, 0.15) is 41.0 Å². The third-order valence-corrected chi connectivity index (χ3v) is 2.88. The zero-order valence-electron chi connectivity index (χ0n) is 12.7. The van der Waals surface area contributed by atoms with E-state index in [4.69, 9.17) is 9.47 Å². The summed E-state index contributed by atoms with van der Waals surface area (Å²) in [6.07, 6.45) is 0.451. The van der Waals surface area contributed by atoms with Crippen molar-refractivity contribution < 1.29 is 32.6 Å². The zero-order valence-corrected chi connectivity index (χ0v) is 12.7. The van der Waals surface area contributed by atoms with Gasteiger partial charge in [0.1, 0.15) is 6.61 Å². The molecule has 0 aromatic carbocycles. The molecule has 1 unspecified atom stereocenters. The van der Waals surface area contributed by atoms with Gasteiger partial charge >= 0.3 is 17.7 Å². The Balaban J connectivity index is 5.07. The van der Waals surface area contributed by atoms with Gasteiger partial charge in [-0.25, -0.2) is 13.6 Å². The molecule has 0 N–H and O–H groups in total. The van der Waals surface area contributed by atoms with Crippen molar-refractivity contribution in [2.75, 3.05) is 13.7 Å². The van der Waals surface area contributed by atoms with Gasteiger partial charge in [-0.05, 0) is 20.3 Å². The maximum Gasteiger partial charge on any atom is 0.379 e. The van der Waals surface area contributed by atoms with Crippen molar-refractivity contribution in [3.63, 3.8) is 0 Å². The Morgan fingerprint density at radius 1 is 1.05 bits per heavy atom. The summed E-state index contributed by atoms with van der Waals surface area (Å²) in [6, 6.07) is 0. The summed E-state index contributed by atoms with van der Waals surface area (Å²) in [6.45, 7) is 5.62. The number of halogens is 2. The van der Waals surface area contributed by atoms with Gasteiger partial charge in [0, 0.05) is 13.8 Å². The van der Waals surface area contributed by atoms with Crippen molar-refractivity contribution in [2.45, 2.75) is 52.7 Å². The van der Waals surface area contributed by atoms with E-state index in [1.807, 2.05) is 0 Å². The molecule has 0 rings (SSSR count). The van der Waals surface area contributed by atoms with E-state index < -0.39 is 35.7 Å². The predicted octanol–water partition coefficient (Wildman–Crippen LogP) is 2.53. The molecule has 5 nitrogen and oxygen atoms in total. The highest BCUT2D eigenvalue weighted by atomic mass is 19.3. The van der Waals surface area contributed by atoms with Crippen LogP contribution in [-0.2, 0) is 23.8 Å². The molecule has 0 bridgehead atoms. The normalized spacial score (nSPS) is 15.4. The van der Waals surface area contributed by atoms with Crippen molar-refractivity contribution in [3.05, 3.63) is 0 Å². The fourth-order valence-corrected chi connectivity index (χ4v) is 1.04. The molecule has 0 spiro atoms. The minimum absolute atomic E-state index is 0.451. The van der Waals surface area contributed by atoms with E-state index in [2.05, 4.69) is 4.74 Å². The molecule has 20 heavy (non-hydrogen) atoms. The molecule has 0 aliphatic carbocycles. The topological polar surface area (TPSA) is 61.8 Å². The lowest BCUT2D eigenvalue weighted by Crippen LogP contribution is -2.48. The van der Waals surface area contributed by atoms with Gasteiger partial charge in [0.15, 0.2) is 0 Å². The van der Waals surface area contributed by atoms with Crippen LogP contribution in [0.4, 0.5) is 8.78 Å². The van der Waals surface area contributed by atoms with E-state index in [-0.39, 0.29) is 0 Å². The number of ether oxygens (including phenoxy) is 3. The lowest BCUT2D eigenvalue weighted by molar-refractivity contribution is -0.253. The second kappa shape index (κ2) is 6.47. The maximum atomic E-state index is 12.8. The van der Waals surface area contributed by atoms with Crippen molar-refractivity contribution in [3.8, 4) is 0 Å². The largest absolute Gasteiger partial charge is 0.464 e. The van der Waals surface area contributed by atoms with Crippen LogP contribution in [0, 0.1) is 5.41 Å². The van der Waals surface area contributed by atoms with Crippen LogP contribution in [0.15, 0.2) is 0 Å². The van der Waals surface area contributed by atoms with Crippen LogP contribution in [-0.4, -0.2) is 37.4 Å². The Morgan fingerprint density at radius 3 is 1.90 bits per heavy atom. The molecule has 0 saturated heterocycles. The Bertz CT molecular complexity index is 362. The molecule has 0 fully saturated rings. The van der Waals surface area contributed by atoms with Crippen LogP contribution < -0.4 is 0 Å². The minimum atomic E-state index is -3.16. The molecule has 7 heteroatoms. The van der Waals surface area contributed by atoms with Gasteiger partial charge in [-0.15, -0.1) is 0 Å². The summed E-state index contributed by atoms with van der Waals surface area (Å²) in [5.74, 6) is -7.14. The van der Waals surface area contributed by atoms with E-state index in [0.29, 0.717) is 13.3 Å². The Morgan fingerprint density at radius 2 is 1.55 bits per heavy atom. The SMILES string of the molecule is CCC(C)(C)C(=O)OC(C)(OCC(C)(F)F)C(=O)OC. The van der Waals surface area contributed by atoms with E-state index >= 15 is 0 Å². The van der Waals surface area contributed by atoms with Gasteiger partial charge in [0.05, 0.1) is 12.5 Å². The molecular formula is C13H22F2O5. The van der Waals surface area contributed by atoms with Crippen LogP contribution in [0.2, 0.25) is 0 Å². The smallest absolute Gasteiger partial charge is 0.379 e. The lowest BCUT2D eigenvalue weighted by atomic mass is 9.90. The number of alkyl halides is 2. The van der Waals surface area contributed by atoms with E-state index in [1.54, 1.807) is 20.8 Å². The Kier molecular flexibility index (Phi) is 6.07. The molecule has 0 heterocycles. The molecular weight excluding hydrogens is 274 g/mol. The first-order chi connectivity index (χ1) is 8.88. The zero-order chi connectivity index (χ0) is 16.2. The van der Waals surface area contributed by atoms with E-state index in [0.717, 1.165) is 14.0 Å². The summed E-state index contributed by atoms with van der Waals surface area (Å²) in [5.41, 5.74) is -0.868. The van der Waals surface area contributed by atoms with Crippen LogP contribution in [0.25, 0.3) is 0 Å². The van der Waals surface area contributed by atoms with Crippen molar-refractivity contribution >= 4 is 11.9 Å². The second-order valence-electron chi connectivity index (χ2n) is 5.42. The molecule has 0 amide bonds. The van der Waals surface area contributed by atoms with E-state index in [1.165, 1.54) is 0 Å². The molecule has 0 aromatic heterocycles. The standard InChI is InChI=1S/C13H22F2O5/c1-7-11(2,3)9(16)20-13(5,10(17)18-6)19-8-12(4,14)15/h7-8H2,1-6H3. The summed E-state index contributed by atoms with van der Waals surface area (Å²) >= 11 is 0. The quantitative estimate of drug-likeness (QED) is 0.533. The summed E-state index contributed by atoms with van der Waals surface area (Å²) < 4.78 is 39.9. The van der Waals surface area contributed by atoms with Crippen LogP contribution in [0.3, 0.4) is 0 Å². The Hall–Kier alpha value is -1.24. The minimum Gasteiger partial charge on any atom is -0.464 e. The van der Waals surface area contributed by atoms with Gasteiger partial charge in [-0.1, -0.05) is 6.92 Å². The number of hydrogen-bond acceptors (Lipinski definition) is 5. The molecule has 118 valence electrons. The highest BCUT2D eigenvalue weighted by Crippen LogP contribution is 2.27. The number of rotatable bonds is 7. The van der Waals surface area contributed by atoms with Crippen LogP contribution in [0.5, 0.6) is 0 Å². The van der Waals surface area contributed by atoms with Gasteiger partial charge < -0.3 is 14.2 Å². The van der Waals surface area contributed by atoms with E-state index in [9.17, 15) is 18.4 Å². The molecule has 0 saturated carbocycles. The number of carbonyl (C=O) groups is 2. The molecule has 1 atom stereocenters. The third kappa shape index (κ3) is 5.40. The summed E-state index contributed by atoms with van der Waals surface area (Å²) in [4.78, 5) is 23.6. The number of carbonyl (C=O) groups excluding carboxylic acids is 2. The van der Waals surface area contributed by atoms with Gasteiger partial charge in [-0.3, -0.25) is 4.79 Å². The highest BCUT2D eigenvalue weighted by Gasteiger charge is 2.45. The highest BCUT2D eigenvalue weighted by molar-refractivity contribution is 5.83. The molecule has 0 radical (unpaired) electrons. The second-order valence-corrected chi connectivity index (χ2v) is 5.42. The molecule has 0 aromatic rings. The number of esters is 2. The summed E-state index contributed by atoms with van der Waals surface area (Å²) in [7, 11) is 1.05. The van der Waals surface area contributed by atoms with Crippen molar-refractivity contribution in [1.29, 1.82) is 0 Å².